The number of fused-ring (bicyclic) bond motifs is 4. The Morgan fingerprint density at radius 1 is 0.733 bits per heavy atom. The molecule has 1 aliphatic rings. The molecule has 6 rings (SSSR count). The first-order chi connectivity index (χ1) is 21.1. The van der Waals surface area contributed by atoms with E-state index in [0.717, 1.165) is 15.9 Å². The van der Waals surface area contributed by atoms with Gasteiger partial charge in [-0.05, 0) is 39.4 Å². The maximum atomic E-state index is 4.93. The van der Waals surface area contributed by atoms with Crippen LogP contribution in [-0.2, 0) is 43.5 Å². The van der Waals surface area contributed by atoms with E-state index >= 15 is 0 Å². The minimum Gasteiger partial charge on any atom is -0.184 e. The van der Waals surface area contributed by atoms with Crippen molar-refractivity contribution in [3.8, 4) is 22.3 Å². The summed E-state index contributed by atoms with van der Waals surface area (Å²) < 4.78 is 0. The normalized spacial score (nSPS) is 12.4. The Hall–Kier alpha value is -1.83. The second-order valence-electron chi connectivity index (χ2n) is 15.0. The van der Waals surface area contributed by atoms with E-state index in [1.807, 2.05) is 6.07 Å². The first-order valence-corrected chi connectivity index (χ1v) is 23.1. The summed E-state index contributed by atoms with van der Waals surface area (Å²) >= 11 is -0.826. The topological polar surface area (TPSA) is 0 Å². The second-order valence-corrected chi connectivity index (χ2v) is 20.0. The number of hydrogen-bond donors (Lipinski definition) is 0. The Balaban J connectivity index is 0.000000236. The van der Waals surface area contributed by atoms with E-state index in [4.69, 9.17) is 17.0 Å². The largest absolute Gasteiger partial charge is 0.184 e. The van der Waals surface area contributed by atoms with E-state index in [1.54, 1.807) is 0 Å². The van der Waals surface area contributed by atoms with E-state index < -0.39 is 20.8 Å². The third-order valence-electron chi connectivity index (χ3n) is 8.51. The molecule has 0 unspecified atom stereocenters. The molecule has 4 heteroatoms. The van der Waals surface area contributed by atoms with Gasteiger partial charge in [-0.25, -0.2) is 0 Å². The van der Waals surface area contributed by atoms with Crippen LogP contribution >= 0.6 is 17.0 Å². The van der Waals surface area contributed by atoms with Gasteiger partial charge < -0.3 is 0 Å². The Morgan fingerprint density at radius 2 is 1.33 bits per heavy atom. The Kier molecular flexibility index (Phi) is 11.6. The molecule has 0 aromatic heterocycles. The Bertz CT molecular complexity index is 1680. The summed E-state index contributed by atoms with van der Waals surface area (Å²) in [5, 5.41) is 5.59. The fourth-order valence-corrected chi connectivity index (χ4v) is 7.07. The third kappa shape index (κ3) is 8.56. The van der Waals surface area contributed by atoms with Crippen LogP contribution in [0.25, 0.3) is 33.0 Å². The number of halogens is 2. The van der Waals surface area contributed by atoms with Crippen LogP contribution in [0, 0.1) is 6.07 Å². The zero-order chi connectivity index (χ0) is 33.2. The van der Waals surface area contributed by atoms with E-state index in [2.05, 4.69) is 154 Å². The minimum absolute atomic E-state index is 0.124. The third-order valence-corrected chi connectivity index (χ3v) is 9.88. The molecule has 0 saturated heterocycles. The predicted molar refractivity (Wildman–Crippen MR) is 198 cm³/mol. The Labute approximate surface area is 293 Å². The average Bonchev–Trinajstić information content (AvgIpc) is 3.58. The molecule has 5 aromatic rings. The summed E-state index contributed by atoms with van der Waals surface area (Å²) in [4.78, 5) is 0. The molecule has 0 aliphatic carbocycles. The summed E-state index contributed by atoms with van der Waals surface area (Å²) in [6, 6.07) is 34.9. The van der Waals surface area contributed by atoms with Crippen molar-refractivity contribution in [1.82, 2.24) is 0 Å². The van der Waals surface area contributed by atoms with Crippen molar-refractivity contribution in [2.24, 2.45) is 0 Å². The quantitative estimate of drug-likeness (QED) is 0.123. The number of rotatable bonds is 2. The van der Waals surface area contributed by atoms with Gasteiger partial charge in [-0.2, -0.15) is 35.5 Å². The van der Waals surface area contributed by atoms with E-state index in [1.165, 1.54) is 65.7 Å². The molecule has 0 amide bonds. The van der Waals surface area contributed by atoms with Gasteiger partial charge in [0, 0.05) is 0 Å². The maximum Gasteiger partial charge on any atom is 0.0920 e. The first-order valence-electron chi connectivity index (χ1n) is 15.8. The zero-order valence-electron chi connectivity index (χ0n) is 28.5. The summed E-state index contributed by atoms with van der Waals surface area (Å²) in [5.41, 5.74) is 11.7. The van der Waals surface area contributed by atoms with Gasteiger partial charge in [0.15, 0.2) is 0 Å². The van der Waals surface area contributed by atoms with Crippen molar-refractivity contribution in [3.63, 3.8) is 0 Å². The molecule has 0 fully saturated rings. The summed E-state index contributed by atoms with van der Waals surface area (Å²) in [6.07, 6.45) is 1.05. The minimum atomic E-state index is -0.826. The van der Waals surface area contributed by atoms with Gasteiger partial charge in [-0.3, -0.25) is 0 Å². The molecule has 1 aliphatic heterocycles. The molecule has 232 valence electrons. The molecule has 2 radical (unpaired) electrons. The van der Waals surface area contributed by atoms with Gasteiger partial charge in [0.2, 0.25) is 0 Å². The van der Waals surface area contributed by atoms with Crippen molar-refractivity contribution < 1.29 is 20.8 Å². The van der Waals surface area contributed by atoms with E-state index in [-0.39, 0.29) is 16.2 Å². The van der Waals surface area contributed by atoms with Crippen LogP contribution in [0.2, 0.25) is 0 Å². The molecular formula is C41H46Cl2SiZr. The van der Waals surface area contributed by atoms with Crippen molar-refractivity contribution in [2.45, 2.75) is 91.9 Å². The summed E-state index contributed by atoms with van der Waals surface area (Å²) in [6.45, 7) is 23.1. The molecule has 0 saturated carbocycles. The van der Waals surface area contributed by atoms with E-state index in [9.17, 15) is 0 Å². The van der Waals surface area contributed by atoms with Gasteiger partial charge in [0.1, 0.15) is 0 Å². The molecular weight excluding hydrogens is 683 g/mol. The number of hydrogen-bond acceptors (Lipinski definition) is 0. The van der Waals surface area contributed by atoms with Gasteiger partial charge in [0.25, 0.3) is 0 Å². The Morgan fingerprint density at radius 3 is 1.91 bits per heavy atom. The molecule has 45 heavy (non-hydrogen) atoms. The van der Waals surface area contributed by atoms with Crippen molar-refractivity contribution in [3.05, 3.63) is 113 Å². The molecule has 5 aromatic carbocycles. The van der Waals surface area contributed by atoms with E-state index in [0.29, 0.717) is 0 Å². The summed E-state index contributed by atoms with van der Waals surface area (Å²) in [5.74, 6) is 0. The fourth-order valence-electron chi connectivity index (χ4n) is 5.76. The van der Waals surface area contributed by atoms with Gasteiger partial charge >= 0.3 is 37.9 Å². The fraction of sp³-hybridized carbons (Fsp3) is 0.341. The standard InChI is InChI=1S/C29H39.C12H7Si.2ClH.Zr/c1-11-19-12-13-20-14-24(29(8,9)10)18-25(20)26(19)21-15-22(27(2,3)4)17-23(16-21)28(5,6)7;1-3-7-11-9(5-1)10-6-2-4-8-12(10)13-11;;;/h12-18H,11H2,1-10H3;1-7H;2*1H;/q2*-1;;;+4/p-2. The molecule has 0 bridgehead atoms. The van der Waals surface area contributed by atoms with Crippen LogP contribution in [0.3, 0.4) is 0 Å². The second kappa shape index (κ2) is 14.5. The van der Waals surface area contributed by atoms with Crippen LogP contribution in [-0.4, -0.2) is 9.52 Å². The van der Waals surface area contributed by atoms with Crippen molar-refractivity contribution >= 4 is 47.7 Å². The number of benzene rings is 4. The zero-order valence-corrected chi connectivity index (χ0v) is 33.5. The van der Waals surface area contributed by atoms with Crippen molar-refractivity contribution in [1.29, 1.82) is 0 Å². The van der Waals surface area contributed by atoms with Crippen molar-refractivity contribution in [2.75, 3.05) is 0 Å². The van der Waals surface area contributed by atoms with Gasteiger partial charge in [0.05, 0.1) is 9.52 Å². The molecule has 0 N–H and O–H groups in total. The van der Waals surface area contributed by atoms with Gasteiger partial charge in [-0.1, -0.05) is 134 Å². The average molecular weight is 729 g/mol. The maximum absolute atomic E-state index is 4.93. The predicted octanol–water partition coefficient (Wildman–Crippen LogP) is 11.2. The molecule has 0 atom stereocenters. The van der Waals surface area contributed by atoms with Crippen LogP contribution in [0.15, 0.2) is 84.9 Å². The SMILES string of the molecule is CCc1ccc2[cH-]c(C(C)(C)C)cc2c1-c1cc(C(C)(C)C)cc(C(C)(C)C)c1.[Cl][Zr+2][Cl].[c-]1cccc2c1[Si]c1ccccc1-2. The molecule has 1 heterocycles. The van der Waals surface area contributed by atoms with Crippen LogP contribution in [0.1, 0.15) is 91.5 Å². The van der Waals surface area contributed by atoms with Crippen LogP contribution in [0.5, 0.6) is 0 Å². The monoisotopic (exact) mass is 726 g/mol. The molecule has 0 nitrogen and oxygen atoms in total. The number of aryl methyl sites for hydroxylation is 1. The summed E-state index contributed by atoms with van der Waals surface area (Å²) in [7, 11) is 10.7. The van der Waals surface area contributed by atoms with Crippen LogP contribution < -0.4 is 10.4 Å². The van der Waals surface area contributed by atoms with Gasteiger partial charge in [-0.15, -0.1) is 40.1 Å². The molecule has 0 spiro atoms. The first kappa shape index (κ1) is 36.0. The smallest absolute Gasteiger partial charge is 0.0920 e. The van der Waals surface area contributed by atoms with Crippen LogP contribution in [0.4, 0.5) is 0 Å².